The van der Waals surface area contributed by atoms with Crippen LogP contribution in [0.2, 0.25) is 5.02 Å². The number of aromatic nitrogens is 4. The molecule has 0 bridgehead atoms. The summed E-state index contributed by atoms with van der Waals surface area (Å²) in [5, 5.41) is 14.3. The number of hydrogen-bond acceptors (Lipinski definition) is 4. The van der Waals surface area contributed by atoms with Crippen LogP contribution in [-0.2, 0) is 12.7 Å². The Balaban J connectivity index is 1.92. The molecule has 1 aromatic heterocycles. The van der Waals surface area contributed by atoms with Crippen molar-refractivity contribution < 1.29 is 13.2 Å². The molecule has 5 nitrogen and oxygen atoms in total. The first-order valence-corrected chi connectivity index (χ1v) is 6.70. The lowest BCUT2D eigenvalue weighted by atomic mass is 10.2. The van der Waals surface area contributed by atoms with E-state index in [1.165, 1.54) is 10.7 Å². The summed E-state index contributed by atoms with van der Waals surface area (Å²) in [5.74, 6) is 0.442. The first-order valence-electron chi connectivity index (χ1n) is 6.32. The highest BCUT2D eigenvalue weighted by Crippen LogP contribution is 2.32. The van der Waals surface area contributed by atoms with E-state index < -0.39 is 11.7 Å². The number of rotatable bonds is 4. The third kappa shape index (κ3) is 3.33. The molecule has 1 heterocycles. The standard InChI is InChI=1S/C12H11ClF3N5/c13-8-3-7(12(14,15)16)4-10(5-8)21-11(18-19-20-21)6-17-9-1-2-9/h3-5,9,17H,1-2,6H2. The summed E-state index contributed by atoms with van der Waals surface area (Å²) < 4.78 is 39.7. The van der Waals surface area contributed by atoms with Crippen molar-refractivity contribution in [2.75, 3.05) is 0 Å². The summed E-state index contributed by atoms with van der Waals surface area (Å²) in [7, 11) is 0. The van der Waals surface area contributed by atoms with Gasteiger partial charge in [0.05, 0.1) is 17.8 Å². The predicted molar refractivity (Wildman–Crippen MR) is 69.0 cm³/mol. The van der Waals surface area contributed by atoms with Gasteiger partial charge in [-0.05, 0) is 41.5 Å². The Labute approximate surface area is 123 Å². The number of halogens is 4. The van der Waals surface area contributed by atoms with Crippen molar-refractivity contribution in [3.8, 4) is 5.69 Å². The van der Waals surface area contributed by atoms with Crippen molar-refractivity contribution in [3.05, 3.63) is 34.6 Å². The first kappa shape index (κ1) is 14.3. The minimum atomic E-state index is -4.47. The fourth-order valence-electron chi connectivity index (χ4n) is 1.90. The van der Waals surface area contributed by atoms with Crippen LogP contribution >= 0.6 is 11.6 Å². The number of nitrogens with zero attached hydrogens (tertiary/aromatic N) is 4. The second kappa shape index (κ2) is 5.27. The minimum absolute atomic E-state index is 0.0172. The highest BCUT2D eigenvalue weighted by Gasteiger charge is 2.31. The largest absolute Gasteiger partial charge is 0.416 e. The summed E-state index contributed by atoms with van der Waals surface area (Å²) in [5.41, 5.74) is -0.644. The Morgan fingerprint density at radius 2 is 2.05 bits per heavy atom. The average Bonchev–Trinajstić information content (AvgIpc) is 3.11. The first-order chi connectivity index (χ1) is 9.93. The molecule has 0 radical (unpaired) electrons. The smallest absolute Gasteiger partial charge is 0.307 e. The molecule has 0 amide bonds. The lowest BCUT2D eigenvalue weighted by Gasteiger charge is -2.11. The summed E-state index contributed by atoms with van der Waals surface area (Å²) >= 11 is 5.77. The van der Waals surface area contributed by atoms with E-state index in [9.17, 15) is 13.2 Å². The molecule has 9 heteroatoms. The Hall–Kier alpha value is -1.67. The summed E-state index contributed by atoms with van der Waals surface area (Å²) in [6.07, 6.45) is -2.28. The fraction of sp³-hybridized carbons (Fsp3) is 0.417. The molecule has 0 atom stereocenters. The van der Waals surface area contributed by atoms with Crippen molar-refractivity contribution in [1.82, 2.24) is 25.5 Å². The van der Waals surface area contributed by atoms with Crippen molar-refractivity contribution >= 4 is 11.6 Å². The van der Waals surface area contributed by atoms with Crippen LogP contribution in [-0.4, -0.2) is 26.2 Å². The van der Waals surface area contributed by atoms with E-state index in [1.807, 2.05) is 0 Å². The van der Waals surface area contributed by atoms with Gasteiger partial charge in [-0.15, -0.1) is 5.10 Å². The van der Waals surface area contributed by atoms with E-state index in [0.29, 0.717) is 18.4 Å². The van der Waals surface area contributed by atoms with Gasteiger partial charge in [0, 0.05) is 11.1 Å². The van der Waals surface area contributed by atoms with Crippen LogP contribution in [0.5, 0.6) is 0 Å². The molecule has 3 rings (SSSR count). The molecule has 0 aliphatic heterocycles. The topological polar surface area (TPSA) is 55.6 Å². The molecular formula is C12H11ClF3N5. The number of alkyl halides is 3. The molecule has 1 N–H and O–H groups in total. The maximum absolute atomic E-state index is 12.8. The monoisotopic (exact) mass is 317 g/mol. The van der Waals surface area contributed by atoms with E-state index >= 15 is 0 Å². The van der Waals surface area contributed by atoms with E-state index in [1.54, 1.807) is 0 Å². The van der Waals surface area contributed by atoms with Gasteiger partial charge < -0.3 is 5.32 Å². The van der Waals surface area contributed by atoms with Crippen molar-refractivity contribution in [2.45, 2.75) is 31.6 Å². The molecule has 1 fully saturated rings. The van der Waals surface area contributed by atoms with Crippen LogP contribution in [0.3, 0.4) is 0 Å². The zero-order chi connectivity index (χ0) is 15.0. The van der Waals surface area contributed by atoms with Crippen molar-refractivity contribution in [1.29, 1.82) is 0 Å². The average molecular weight is 318 g/mol. The fourth-order valence-corrected chi connectivity index (χ4v) is 2.13. The highest BCUT2D eigenvalue weighted by atomic mass is 35.5. The Morgan fingerprint density at radius 1 is 1.29 bits per heavy atom. The van der Waals surface area contributed by atoms with E-state index in [4.69, 9.17) is 11.6 Å². The number of nitrogens with one attached hydrogen (secondary N) is 1. The third-order valence-corrected chi connectivity index (χ3v) is 3.33. The van der Waals surface area contributed by atoms with Gasteiger partial charge in [-0.1, -0.05) is 11.6 Å². The molecule has 1 saturated carbocycles. The van der Waals surface area contributed by atoms with Crippen LogP contribution < -0.4 is 5.32 Å². The summed E-state index contributed by atoms with van der Waals surface area (Å²) in [6.45, 7) is 0.394. The van der Waals surface area contributed by atoms with Crippen LogP contribution in [0, 0.1) is 0 Å². The van der Waals surface area contributed by atoms with Gasteiger partial charge in [0.2, 0.25) is 0 Å². The summed E-state index contributed by atoms with van der Waals surface area (Å²) in [6, 6.07) is 3.69. The lowest BCUT2D eigenvalue weighted by molar-refractivity contribution is -0.137. The van der Waals surface area contributed by atoms with E-state index in [-0.39, 0.29) is 10.7 Å². The van der Waals surface area contributed by atoms with Crippen LogP contribution in [0.1, 0.15) is 24.2 Å². The molecule has 1 aromatic carbocycles. The van der Waals surface area contributed by atoms with Gasteiger partial charge in [-0.3, -0.25) is 0 Å². The zero-order valence-electron chi connectivity index (χ0n) is 10.7. The second-order valence-electron chi connectivity index (χ2n) is 4.86. The molecule has 0 saturated heterocycles. The van der Waals surface area contributed by atoms with Crippen LogP contribution in [0.25, 0.3) is 5.69 Å². The van der Waals surface area contributed by atoms with Gasteiger partial charge in [0.1, 0.15) is 0 Å². The second-order valence-corrected chi connectivity index (χ2v) is 5.29. The third-order valence-electron chi connectivity index (χ3n) is 3.11. The van der Waals surface area contributed by atoms with Gasteiger partial charge in [-0.25, -0.2) is 0 Å². The SMILES string of the molecule is FC(F)(F)c1cc(Cl)cc(-n2nnnc2CNC2CC2)c1. The molecule has 21 heavy (non-hydrogen) atoms. The molecular weight excluding hydrogens is 307 g/mol. The Bertz CT molecular complexity index is 651. The molecule has 2 aromatic rings. The molecule has 112 valence electrons. The van der Waals surface area contributed by atoms with Gasteiger partial charge >= 0.3 is 6.18 Å². The van der Waals surface area contributed by atoms with E-state index in [0.717, 1.165) is 25.0 Å². The quantitative estimate of drug-likeness (QED) is 0.941. The molecule has 1 aliphatic rings. The highest BCUT2D eigenvalue weighted by molar-refractivity contribution is 6.30. The normalized spacial score (nSPS) is 15.4. The number of benzene rings is 1. The maximum Gasteiger partial charge on any atom is 0.416 e. The number of tetrazole rings is 1. The predicted octanol–water partition coefficient (Wildman–Crippen LogP) is 2.59. The molecule has 1 aliphatic carbocycles. The van der Waals surface area contributed by atoms with Gasteiger partial charge in [0.15, 0.2) is 5.82 Å². The van der Waals surface area contributed by atoms with Gasteiger partial charge in [0.25, 0.3) is 0 Å². The van der Waals surface area contributed by atoms with E-state index in [2.05, 4.69) is 20.8 Å². The Kier molecular flexibility index (Phi) is 3.58. The molecule has 0 spiro atoms. The minimum Gasteiger partial charge on any atom is -0.307 e. The number of hydrogen-bond donors (Lipinski definition) is 1. The molecule has 0 unspecified atom stereocenters. The van der Waals surface area contributed by atoms with Crippen molar-refractivity contribution in [3.63, 3.8) is 0 Å². The van der Waals surface area contributed by atoms with Crippen LogP contribution in [0.15, 0.2) is 18.2 Å². The zero-order valence-corrected chi connectivity index (χ0v) is 11.5. The van der Waals surface area contributed by atoms with Crippen LogP contribution in [0.4, 0.5) is 13.2 Å². The van der Waals surface area contributed by atoms with Crippen molar-refractivity contribution in [2.24, 2.45) is 0 Å². The maximum atomic E-state index is 12.8. The van der Waals surface area contributed by atoms with Gasteiger partial charge in [-0.2, -0.15) is 17.9 Å². The lowest BCUT2D eigenvalue weighted by Crippen LogP contribution is -2.19. The Morgan fingerprint density at radius 3 is 2.71 bits per heavy atom. The summed E-state index contributed by atoms with van der Waals surface area (Å²) in [4.78, 5) is 0.